The molecule has 4 nitrogen and oxygen atoms in total. The summed E-state index contributed by atoms with van der Waals surface area (Å²) in [5.41, 5.74) is 0. The molecule has 0 amide bonds. The van der Waals surface area contributed by atoms with Crippen molar-refractivity contribution >= 4 is 0 Å². The van der Waals surface area contributed by atoms with E-state index in [1.807, 2.05) is 6.92 Å². The molecule has 1 N–H and O–H groups in total. The van der Waals surface area contributed by atoms with E-state index >= 15 is 0 Å². The number of hydrogen-bond acceptors (Lipinski definition) is 4. The van der Waals surface area contributed by atoms with Crippen molar-refractivity contribution in [3.05, 3.63) is 0 Å². The predicted molar refractivity (Wildman–Crippen MR) is 35.8 cm³/mol. The standard InChI is InChI=1S/C7H12O4/c1-2-9-6-4(8)3-5-7(10-5)11-6/h4-8H,2-3H2,1H3. The molecule has 4 heteroatoms. The number of fused-ring (bicyclic) bond motifs is 1. The van der Waals surface area contributed by atoms with Crippen LogP contribution in [0.3, 0.4) is 0 Å². The van der Waals surface area contributed by atoms with Crippen LogP contribution in [0, 0.1) is 0 Å². The van der Waals surface area contributed by atoms with Gasteiger partial charge >= 0.3 is 0 Å². The fourth-order valence-corrected chi connectivity index (χ4v) is 1.30. The van der Waals surface area contributed by atoms with Gasteiger partial charge in [0.05, 0.1) is 0 Å². The maximum Gasteiger partial charge on any atom is 0.187 e. The summed E-state index contributed by atoms with van der Waals surface area (Å²) in [6.07, 6.45) is -0.380. The molecule has 0 bridgehead atoms. The highest BCUT2D eigenvalue weighted by Crippen LogP contribution is 2.35. The molecule has 0 spiro atoms. The Balaban J connectivity index is 1.87. The Kier molecular flexibility index (Phi) is 1.85. The summed E-state index contributed by atoms with van der Waals surface area (Å²) in [5, 5.41) is 9.37. The molecule has 2 heterocycles. The van der Waals surface area contributed by atoms with Crippen molar-refractivity contribution in [3.63, 3.8) is 0 Å². The lowest BCUT2D eigenvalue weighted by Crippen LogP contribution is -2.38. The molecule has 0 aliphatic carbocycles. The van der Waals surface area contributed by atoms with Crippen LogP contribution >= 0.6 is 0 Å². The first-order valence-corrected chi connectivity index (χ1v) is 3.92. The second-order valence-corrected chi connectivity index (χ2v) is 2.81. The van der Waals surface area contributed by atoms with Crippen LogP contribution in [0.5, 0.6) is 0 Å². The van der Waals surface area contributed by atoms with Gasteiger partial charge in [-0.15, -0.1) is 0 Å². The van der Waals surface area contributed by atoms with Crippen LogP contribution < -0.4 is 0 Å². The lowest BCUT2D eigenvalue weighted by molar-refractivity contribution is -0.220. The quantitative estimate of drug-likeness (QED) is 0.571. The number of ether oxygens (including phenoxy) is 3. The van der Waals surface area contributed by atoms with Crippen LogP contribution in [-0.2, 0) is 14.2 Å². The molecule has 0 aromatic carbocycles. The zero-order valence-corrected chi connectivity index (χ0v) is 6.40. The predicted octanol–water partition coefficient (Wildman–Crippen LogP) is -0.145. The third-order valence-electron chi connectivity index (χ3n) is 1.92. The molecule has 0 saturated carbocycles. The van der Waals surface area contributed by atoms with Crippen molar-refractivity contribution in [1.29, 1.82) is 0 Å². The van der Waals surface area contributed by atoms with Crippen LogP contribution in [0.4, 0.5) is 0 Å². The number of aliphatic hydroxyl groups excluding tert-OH is 1. The molecule has 4 unspecified atom stereocenters. The zero-order valence-electron chi connectivity index (χ0n) is 6.40. The minimum Gasteiger partial charge on any atom is -0.388 e. The molecule has 11 heavy (non-hydrogen) atoms. The second-order valence-electron chi connectivity index (χ2n) is 2.81. The lowest BCUT2D eigenvalue weighted by atomic mass is 10.1. The molecule has 2 saturated heterocycles. The highest BCUT2D eigenvalue weighted by atomic mass is 16.8. The highest BCUT2D eigenvalue weighted by Gasteiger charge is 2.49. The van der Waals surface area contributed by atoms with Crippen molar-refractivity contribution < 1.29 is 19.3 Å². The average Bonchev–Trinajstić information content (AvgIpc) is 2.67. The van der Waals surface area contributed by atoms with Crippen molar-refractivity contribution in [2.24, 2.45) is 0 Å². The molecule has 64 valence electrons. The first kappa shape index (κ1) is 7.49. The molecule has 2 aliphatic rings. The monoisotopic (exact) mass is 160 g/mol. The van der Waals surface area contributed by atoms with Gasteiger partial charge in [-0.2, -0.15) is 0 Å². The van der Waals surface area contributed by atoms with Crippen molar-refractivity contribution in [3.8, 4) is 0 Å². The van der Waals surface area contributed by atoms with Gasteiger partial charge in [0.1, 0.15) is 12.2 Å². The molecule has 4 atom stereocenters. The smallest absolute Gasteiger partial charge is 0.187 e. The van der Waals surface area contributed by atoms with Crippen LogP contribution in [-0.4, -0.2) is 36.5 Å². The minimum atomic E-state index is -0.529. The summed E-state index contributed by atoms with van der Waals surface area (Å²) in [7, 11) is 0. The van der Waals surface area contributed by atoms with Gasteiger partial charge in [-0.3, -0.25) is 0 Å². The number of rotatable bonds is 2. The first-order valence-electron chi connectivity index (χ1n) is 3.92. The van der Waals surface area contributed by atoms with E-state index in [0.29, 0.717) is 13.0 Å². The molecular formula is C7H12O4. The molecule has 2 rings (SSSR count). The van der Waals surface area contributed by atoms with E-state index in [-0.39, 0.29) is 12.4 Å². The fraction of sp³-hybridized carbons (Fsp3) is 1.00. The largest absolute Gasteiger partial charge is 0.388 e. The average molecular weight is 160 g/mol. The van der Waals surface area contributed by atoms with Crippen molar-refractivity contribution in [2.45, 2.75) is 38.1 Å². The molecule has 2 aliphatic heterocycles. The third-order valence-corrected chi connectivity index (χ3v) is 1.92. The molecule has 0 aromatic heterocycles. The Bertz CT molecular complexity index is 149. The summed E-state index contributed by atoms with van der Waals surface area (Å²) >= 11 is 0. The number of epoxide rings is 1. The molecule has 2 fully saturated rings. The van der Waals surface area contributed by atoms with E-state index in [1.165, 1.54) is 0 Å². The molecular weight excluding hydrogens is 148 g/mol. The van der Waals surface area contributed by atoms with Gasteiger partial charge in [-0.1, -0.05) is 0 Å². The summed E-state index contributed by atoms with van der Waals surface area (Å²) in [6, 6.07) is 0. The first-order chi connectivity index (χ1) is 5.31. The van der Waals surface area contributed by atoms with Crippen LogP contribution in [0.25, 0.3) is 0 Å². The maximum atomic E-state index is 9.37. The number of hydrogen-bond donors (Lipinski definition) is 1. The fourth-order valence-electron chi connectivity index (χ4n) is 1.30. The zero-order chi connectivity index (χ0) is 7.84. The van der Waals surface area contributed by atoms with Gasteiger partial charge in [-0.25, -0.2) is 0 Å². The van der Waals surface area contributed by atoms with Gasteiger partial charge < -0.3 is 19.3 Å². The summed E-state index contributed by atoms with van der Waals surface area (Å²) in [6.45, 7) is 2.43. The second kappa shape index (κ2) is 2.71. The minimum absolute atomic E-state index is 0.113. The van der Waals surface area contributed by atoms with E-state index in [2.05, 4.69) is 0 Å². The Labute approximate surface area is 65.1 Å². The van der Waals surface area contributed by atoms with Crippen LogP contribution in [0.1, 0.15) is 13.3 Å². The molecule has 0 radical (unpaired) electrons. The Morgan fingerprint density at radius 3 is 3.09 bits per heavy atom. The lowest BCUT2D eigenvalue weighted by Gasteiger charge is -2.24. The van der Waals surface area contributed by atoms with Gasteiger partial charge in [-0.05, 0) is 6.92 Å². The maximum absolute atomic E-state index is 9.37. The third kappa shape index (κ3) is 1.39. The van der Waals surface area contributed by atoms with E-state index in [9.17, 15) is 5.11 Å². The topological polar surface area (TPSA) is 51.2 Å². The Hall–Kier alpha value is -0.160. The van der Waals surface area contributed by atoms with Crippen LogP contribution in [0.15, 0.2) is 0 Å². The van der Waals surface area contributed by atoms with Gasteiger partial charge in [0, 0.05) is 13.0 Å². The SMILES string of the molecule is CCOC1OC2OC2CC1O. The van der Waals surface area contributed by atoms with Crippen LogP contribution in [0.2, 0.25) is 0 Å². The van der Waals surface area contributed by atoms with E-state index in [4.69, 9.17) is 14.2 Å². The Morgan fingerprint density at radius 1 is 1.55 bits per heavy atom. The van der Waals surface area contributed by atoms with E-state index in [0.717, 1.165) is 0 Å². The van der Waals surface area contributed by atoms with E-state index in [1.54, 1.807) is 0 Å². The van der Waals surface area contributed by atoms with Crippen molar-refractivity contribution in [1.82, 2.24) is 0 Å². The van der Waals surface area contributed by atoms with Gasteiger partial charge in [0.25, 0.3) is 0 Å². The Morgan fingerprint density at radius 2 is 2.36 bits per heavy atom. The summed E-state index contributed by atoms with van der Waals surface area (Å²) < 4.78 is 15.4. The summed E-state index contributed by atoms with van der Waals surface area (Å²) in [4.78, 5) is 0. The van der Waals surface area contributed by atoms with E-state index < -0.39 is 12.4 Å². The highest BCUT2D eigenvalue weighted by molar-refractivity contribution is 4.86. The summed E-state index contributed by atoms with van der Waals surface area (Å²) in [5.74, 6) is 0. The van der Waals surface area contributed by atoms with Gasteiger partial charge in [0.2, 0.25) is 0 Å². The number of aliphatic hydroxyl groups is 1. The normalized spacial score (nSPS) is 48.5. The molecule has 0 aromatic rings. The van der Waals surface area contributed by atoms with Gasteiger partial charge in [0.15, 0.2) is 12.6 Å². The van der Waals surface area contributed by atoms with Crippen molar-refractivity contribution in [2.75, 3.05) is 6.61 Å².